The SMILES string of the molecule is O=C(Nc1cc(-c2ccccc2)ccc1O)C(=O)Nc1cc(Cl)cc(Cl)c1O. The standard InChI is InChI=1S/C20H14Cl2N2O4/c21-13-9-14(22)18(26)16(10-13)24-20(28)19(27)23-15-8-12(6-7-17(15)25)11-4-2-1-3-5-11/h1-10,25-26H,(H,23,27)(H,24,28). The van der Waals surface area contributed by atoms with Gasteiger partial charge in [0, 0.05) is 5.02 Å². The van der Waals surface area contributed by atoms with Crippen molar-refractivity contribution in [3.05, 3.63) is 70.7 Å². The number of anilines is 2. The number of amides is 2. The van der Waals surface area contributed by atoms with E-state index < -0.39 is 17.6 Å². The highest BCUT2D eigenvalue weighted by atomic mass is 35.5. The summed E-state index contributed by atoms with van der Waals surface area (Å²) < 4.78 is 0. The molecule has 142 valence electrons. The van der Waals surface area contributed by atoms with E-state index in [4.69, 9.17) is 23.2 Å². The number of hydrogen-bond acceptors (Lipinski definition) is 4. The van der Waals surface area contributed by atoms with E-state index in [1.165, 1.54) is 18.2 Å². The maximum absolute atomic E-state index is 12.2. The van der Waals surface area contributed by atoms with Gasteiger partial charge in [-0.3, -0.25) is 9.59 Å². The smallest absolute Gasteiger partial charge is 0.314 e. The van der Waals surface area contributed by atoms with E-state index in [9.17, 15) is 19.8 Å². The summed E-state index contributed by atoms with van der Waals surface area (Å²) in [6, 6.07) is 16.5. The van der Waals surface area contributed by atoms with Gasteiger partial charge in [0.1, 0.15) is 5.75 Å². The van der Waals surface area contributed by atoms with E-state index in [-0.39, 0.29) is 27.2 Å². The minimum atomic E-state index is -1.07. The first-order valence-electron chi connectivity index (χ1n) is 8.04. The van der Waals surface area contributed by atoms with Crippen LogP contribution in [0, 0.1) is 0 Å². The maximum Gasteiger partial charge on any atom is 0.314 e. The Morgan fingerprint density at radius 3 is 2.07 bits per heavy atom. The summed E-state index contributed by atoms with van der Waals surface area (Å²) in [7, 11) is 0. The molecule has 0 aromatic heterocycles. The molecule has 0 saturated carbocycles. The van der Waals surface area contributed by atoms with Gasteiger partial charge in [0.05, 0.1) is 16.4 Å². The molecule has 0 spiro atoms. The molecule has 3 rings (SSSR count). The normalized spacial score (nSPS) is 10.4. The van der Waals surface area contributed by atoms with E-state index >= 15 is 0 Å². The average molecular weight is 417 g/mol. The number of carbonyl (C=O) groups is 2. The lowest BCUT2D eigenvalue weighted by molar-refractivity contribution is -0.133. The lowest BCUT2D eigenvalue weighted by atomic mass is 10.0. The molecular weight excluding hydrogens is 403 g/mol. The zero-order chi connectivity index (χ0) is 20.3. The molecule has 8 heteroatoms. The van der Waals surface area contributed by atoms with Crippen molar-refractivity contribution in [3.63, 3.8) is 0 Å². The summed E-state index contributed by atoms with van der Waals surface area (Å²) in [6.45, 7) is 0. The fourth-order valence-electron chi connectivity index (χ4n) is 2.47. The lowest BCUT2D eigenvalue weighted by Gasteiger charge is -2.11. The number of carbonyl (C=O) groups excluding carboxylic acids is 2. The molecule has 4 N–H and O–H groups in total. The first-order valence-corrected chi connectivity index (χ1v) is 8.79. The Morgan fingerprint density at radius 2 is 1.39 bits per heavy atom. The lowest BCUT2D eigenvalue weighted by Crippen LogP contribution is -2.29. The minimum Gasteiger partial charge on any atom is -0.506 e. The number of nitrogens with one attached hydrogen (secondary N) is 2. The molecule has 2 amide bonds. The number of halogens is 2. The molecule has 0 unspecified atom stereocenters. The molecule has 3 aromatic rings. The number of hydrogen-bond donors (Lipinski definition) is 4. The number of rotatable bonds is 3. The van der Waals surface area contributed by atoms with Crippen molar-refractivity contribution in [1.29, 1.82) is 0 Å². The minimum absolute atomic E-state index is 0.0647. The highest BCUT2D eigenvalue weighted by Gasteiger charge is 2.19. The molecule has 0 bridgehead atoms. The zero-order valence-corrected chi connectivity index (χ0v) is 15.8. The Balaban J connectivity index is 1.78. The van der Waals surface area contributed by atoms with Gasteiger partial charge in [-0.1, -0.05) is 59.6 Å². The predicted molar refractivity (Wildman–Crippen MR) is 109 cm³/mol. The summed E-state index contributed by atoms with van der Waals surface area (Å²) in [5.74, 6) is -2.73. The molecular formula is C20H14Cl2N2O4. The second-order valence-electron chi connectivity index (χ2n) is 5.79. The van der Waals surface area contributed by atoms with Crippen molar-refractivity contribution < 1.29 is 19.8 Å². The second-order valence-corrected chi connectivity index (χ2v) is 6.63. The number of phenolic OH excluding ortho intramolecular Hbond substituents is 2. The molecule has 6 nitrogen and oxygen atoms in total. The van der Waals surface area contributed by atoms with Crippen LogP contribution in [0.1, 0.15) is 0 Å². The van der Waals surface area contributed by atoms with Crippen molar-refractivity contribution in [2.24, 2.45) is 0 Å². The first kappa shape index (κ1) is 19.5. The quantitative estimate of drug-likeness (QED) is 0.368. The molecule has 0 heterocycles. The van der Waals surface area contributed by atoms with Crippen LogP contribution in [-0.2, 0) is 9.59 Å². The molecule has 0 aliphatic heterocycles. The van der Waals surface area contributed by atoms with Gasteiger partial charge in [0.2, 0.25) is 0 Å². The van der Waals surface area contributed by atoms with Crippen LogP contribution < -0.4 is 10.6 Å². The fourth-order valence-corrected chi connectivity index (χ4v) is 2.96. The summed E-state index contributed by atoms with van der Waals surface area (Å²) in [5.41, 5.74) is 1.57. The van der Waals surface area contributed by atoms with Crippen LogP contribution in [0.15, 0.2) is 60.7 Å². The molecule has 0 atom stereocenters. The second kappa shape index (κ2) is 8.21. The molecule has 0 saturated heterocycles. The largest absolute Gasteiger partial charge is 0.506 e. The van der Waals surface area contributed by atoms with Gasteiger partial charge in [-0.15, -0.1) is 0 Å². The summed E-state index contributed by atoms with van der Waals surface area (Å²) in [4.78, 5) is 24.4. The zero-order valence-electron chi connectivity index (χ0n) is 14.2. The van der Waals surface area contributed by atoms with Gasteiger partial charge in [-0.25, -0.2) is 0 Å². The molecule has 0 fully saturated rings. The summed E-state index contributed by atoms with van der Waals surface area (Å²) in [6.07, 6.45) is 0. The van der Waals surface area contributed by atoms with Gasteiger partial charge >= 0.3 is 11.8 Å². The molecule has 0 aliphatic carbocycles. The summed E-state index contributed by atoms with van der Waals surface area (Å²) in [5, 5.41) is 24.5. The molecule has 28 heavy (non-hydrogen) atoms. The van der Waals surface area contributed by atoms with Crippen molar-refractivity contribution >= 4 is 46.4 Å². The highest BCUT2D eigenvalue weighted by molar-refractivity contribution is 6.44. The fraction of sp³-hybridized carbons (Fsp3) is 0. The first-order chi connectivity index (χ1) is 13.3. The van der Waals surface area contributed by atoms with Gasteiger partial charge in [0.25, 0.3) is 0 Å². The van der Waals surface area contributed by atoms with Crippen LogP contribution in [0.3, 0.4) is 0 Å². The Kier molecular flexibility index (Phi) is 5.73. The number of aromatic hydroxyl groups is 2. The Bertz CT molecular complexity index is 1060. The third kappa shape index (κ3) is 4.36. The highest BCUT2D eigenvalue weighted by Crippen LogP contribution is 2.35. The van der Waals surface area contributed by atoms with E-state index in [0.29, 0.717) is 0 Å². The van der Waals surface area contributed by atoms with E-state index in [1.54, 1.807) is 12.1 Å². The van der Waals surface area contributed by atoms with Crippen molar-refractivity contribution in [3.8, 4) is 22.6 Å². The van der Waals surface area contributed by atoms with Crippen LogP contribution in [0.25, 0.3) is 11.1 Å². The molecule has 3 aromatic carbocycles. The van der Waals surface area contributed by atoms with Crippen molar-refractivity contribution in [1.82, 2.24) is 0 Å². The molecule has 0 aliphatic rings. The van der Waals surface area contributed by atoms with Gasteiger partial charge in [-0.05, 0) is 35.4 Å². The third-order valence-corrected chi connectivity index (χ3v) is 4.34. The topological polar surface area (TPSA) is 98.7 Å². The maximum atomic E-state index is 12.2. The van der Waals surface area contributed by atoms with E-state index in [2.05, 4.69) is 10.6 Å². The van der Waals surface area contributed by atoms with Crippen molar-refractivity contribution in [2.75, 3.05) is 10.6 Å². The number of phenols is 2. The number of benzene rings is 3. The van der Waals surface area contributed by atoms with Gasteiger partial charge in [0.15, 0.2) is 5.75 Å². The Labute approximate surface area is 170 Å². The van der Waals surface area contributed by atoms with Gasteiger partial charge < -0.3 is 20.8 Å². The molecule has 0 radical (unpaired) electrons. The van der Waals surface area contributed by atoms with Crippen LogP contribution in [-0.4, -0.2) is 22.0 Å². The summed E-state index contributed by atoms with van der Waals surface area (Å²) >= 11 is 11.6. The van der Waals surface area contributed by atoms with E-state index in [0.717, 1.165) is 11.1 Å². The van der Waals surface area contributed by atoms with Crippen LogP contribution in [0.2, 0.25) is 10.0 Å². The predicted octanol–water partition coefficient (Wildman–Crippen LogP) is 4.65. The van der Waals surface area contributed by atoms with Gasteiger partial charge in [-0.2, -0.15) is 0 Å². The average Bonchev–Trinajstić information content (AvgIpc) is 2.68. The monoisotopic (exact) mass is 416 g/mol. The van der Waals surface area contributed by atoms with Crippen LogP contribution in [0.5, 0.6) is 11.5 Å². The Morgan fingerprint density at radius 1 is 0.750 bits per heavy atom. The van der Waals surface area contributed by atoms with Crippen LogP contribution in [0.4, 0.5) is 11.4 Å². The Hall–Kier alpha value is -3.22. The van der Waals surface area contributed by atoms with E-state index in [1.807, 2.05) is 30.3 Å². The van der Waals surface area contributed by atoms with Crippen molar-refractivity contribution in [2.45, 2.75) is 0 Å². The van der Waals surface area contributed by atoms with Crippen LogP contribution >= 0.6 is 23.2 Å². The third-order valence-electron chi connectivity index (χ3n) is 3.83.